The number of primary amides is 1. The number of carbonyl (C=O) groups is 5. The molecular weight excluding hydrogens is 518 g/mol. The molecule has 0 saturated carbocycles. The third-order valence-corrected chi connectivity index (χ3v) is 6.50. The number of carbonyl (C=O) groups excluding carboxylic acids is 4. The summed E-state index contributed by atoms with van der Waals surface area (Å²) in [6.07, 6.45) is -0.0205. The number of aromatic hydroxyl groups is 1. The van der Waals surface area contributed by atoms with Crippen LogP contribution >= 0.6 is 0 Å². The molecule has 2 rings (SSSR count). The molecular formula is C28H37N5O7. The highest BCUT2D eigenvalue weighted by Gasteiger charge is 2.32. The minimum absolute atomic E-state index is 0.00637. The Labute approximate surface area is 232 Å². The first kappa shape index (κ1) is 31.8. The van der Waals surface area contributed by atoms with Gasteiger partial charge in [0.05, 0.1) is 12.5 Å². The molecule has 40 heavy (non-hydrogen) atoms. The van der Waals surface area contributed by atoms with E-state index in [-0.39, 0.29) is 24.5 Å². The van der Waals surface area contributed by atoms with Crippen LogP contribution in [0, 0.1) is 5.92 Å². The standard InChI is InChI=1S/C28H37N5O7/c1-3-16(2)24(30)27(38)32-21(15-23(29)35)26(37)31-20(13-17-7-5-4-6-8-17)25(36)33-22(28(39)40)14-18-9-11-19(34)12-10-18/h4-12,16,20-22,24,34H,3,13-15,30H2,1-2H3,(H2,29,35)(H,31,37)(H,32,38)(H,33,36)(H,39,40). The van der Waals surface area contributed by atoms with Gasteiger partial charge in [0.2, 0.25) is 23.6 Å². The maximum Gasteiger partial charge on any atom is 0.326 e. The predicted octanol–water partition coefficient (Wildman–Crippen LogP) is -0.0348. The van der Waals surface area contributed by atoms with Gasteiger partial charge in [0.25, 0.3) is 0 Å². The van der Waals surface area contributed by atoms with Crippen molar-refractivity contribution in [1.29, 1.82) is 0 Å². The fourth-order valence-corrected chi connectivity index (χ4v) is 3.86. The summed E-state index contributed by atoms with van der Waals surface area (Å²) in [6.45, 7) is 3.62. The Morgan fingerprint density at radius 1 is 0.775 bits per heavy atom. The fourth-order valence-electron chi connectivity index (χ4n) is 3.86. The number of phenolic OH excluding ortho intramolecular Hbond substituents is 1. The molecule has 5 atom stereocenters. The number of amides is 4. The van der Waals surface area contributed by atoms with Gasteiger partial charge in [-0.15, -0.1) is 0 Å². The maximum atomic E-state index is 13.3. The van der Waals surface area contributed by atoms with E-state index in [1.165, 1.54) is 24.3 Å². The average molecular weight is 556 g/mol. The number of benzene rings is 2. The molecule has 0 aliphatic rings. The second-order valence-corrected chi connectivity index (χ2v) is 9.66. The summed E-state index contributed by atoms with van der Waals surface area (Å²) in [5.74, 6) is -4.65. The third-order valence-electron chi connectivity index (χ3n) is 6.50. The van der Waals surface area contributed by atoms with Crippen molar-refractivity contribution in [3.05, 3.63) is 65.7 Å². The predicted molar refractivity (Wildman–Crippen MR) is 147 cm³/mol. The zero-order chi connectivity index (χ0) is 29.8. The number of nitrogens with one attached hydrogen (secondary N) is 3. The van der Waals surface area contributed by atoms with E-state index in [4.69, 9.17) is 11.5 Å². The highest BCUT2D eigenvalue weighted by atomic mass is 16.4. The third kappa shape index (κ3) is 10.0. The van der Waals surface area contributed by atoms with Gasteiger partial charge in [0, 0.05) is 12.8 Å². The molecule has 5 unspecified atom stereocenters. The summed E-state index contributed by atoms with van der Waals surface area (Å²) in [5.41, 5.74) is 12.5. The Bertz CT molecular complexity index is 1170. The first-order valence-corrected chi connectivity index (χ1v) is 12.9. The number of hydrogen-bond donors (Lipinski definition) is 7. The van der Waals surface area contributed by atoms with E-state index < -0.39 is 60.2 Å². The Morgan fingerprint density at radius 2 is 1.27 bits per heavy atom. The number of phenols is 1. The summed E-state index contributed by atoms with van der Waals surface area (Å²) in [5, 5.41) is 26.6. The van der Waals surface area contributed by atoms with Crippen molar-refractivity contribution < 1.29 is 34.2 Å². The molecule has 0 spiro atoms. The zero-order valence-electron chi connectivity index (χ0n) is 22.5. The van der Waals surface area contributed by atoms with Crippen molar-refractivity contribution in [2.24, 2.45) is 17.4 Å². The summed E-state index contributed by atoms with van der Waals surface area (Å²) in [6, 6.07) is 9.62. The molecule has 0 aromatic heterocycles. The fraction of sp³-hybridized carbons (Fsp3) is 0.393. The lowest BCUT2D eigenvalue weighted by atomic mass is 9.98. The van der Waals surface area contributed by atoms with Crippen LogP contribution in [0.25, 0.3) is 0 Å². The lowest BCUT2D eigenvalue weighted by Gasteiger charge is -2.26. The monoisotopic (exact) mass is 555 g/mol. The van der Waals surface area contributed by atoms with Crippen LogP contribution in [0.15, 0.2) is 54.6 Å². The molecule has 9 N–H and O–H groups in total. The van der Waals surface area contributed by atoms with Crippen LogP contribution in [0.3, 0.4) is 0 Å². The Kier molecular flexibility index (Phi) is 12.1. The van der Waals surface area contributed by atoms with Crippen LogP contribution in [0.1, 0.15) is 37.8 Å². The lowest BCUT2D eigenvalue weighted by molar-refractivity contribution is -0.142. The van der Waals surface area contributed by atoms with Crippen molar-refractivity contribution in [3.8, 4) is 5.75 Å². The Hall–Kier alpha value is -4.45. The van der Waals surface area contributed by atoms with Gasteiger partial charge in [0.1, 0.15) is 23.9 Å². The van der Waals surface area contributed by atoms with E-state index in [0.717, 1.165) is 0 Å². The maximum absolute atomic E-state index is 13.3. The van der Waals surface area contributed by atoms with Crippen molar-refractivity contribution in [2.75, 3.05) is 0 Å². The molecule has 0 aliphatic heterocycles. The van der Waals surface area contributed by atoms with E-state index in [0.29, 0.717) is 17.5 Å². The molecule has 0 fully saturated rings. The van der Waals surface area contributed by atoms with Crippen molar-refractivity contribution in [2.45, 2.75) is 63.7 Å². The minimum Gasteiger partial charge on any atom is -0.508 e. The number of carboxylic acids is 1. The topological polar surface area (TPSA) is 214 Å². The van der Waals surface area contributed by atoms with Crippen LogP contribution in [0.5, 0.6) is 5.75 Å². The van der Waals surface area contributed by atoms with Crippen LogP contribution in [0.2, 0.25) is 0 Å². The molecule has 2 aromatic rings. The molecule has 0 radical (unpaired) electrons. The molecule has 2 aromatic carbocycles. The van der Waals surface area contributed by atoms with Gasteiger partial charge < -0.3 is 37.6 Å². The number of carboxylic acid groups (broad SMARTS) is 1. The van der Waals surface area contributed by atoms with Gasteiger partial charge in [-0.05, 0) is 29.2 Å². The van der Waals surface area contributed by atoms with Crippen LogP contribution in [-0.4, -0.2) is 64.0 Å². The van der Waals surface area contributed by atoms with Gasteiger partial charge in [-0.25, -0.2) is 4.79 Å². The summed E-state index contributed by atoms with van der Waals surface area (Å²) in [4.78, 5) is 62.8. The van der Waals surface area contributed by atoms with Crippen molar-refractivity contribution >= 4 is 29.6 Å². The zero-order valence-corrected chi connectivity index (χ0v) is 22.5. The number of rotatable bonds is 15. The first-order valence-electron chi connectivity index (χ1n) is 12.9. The molecule has 4 amide bonds. The summed E-state index contributed by atoms with van der Waals surface area (Å²) in [7, 11) is 0. The van der Waals surface area contributed by atoms with Crippen LogP contribution in [0.4, 0.5) is 0 Å². The number of aliphatic carboxylic acids is 1. The normalized spacial score (nSPS) is 14.6. The molecule has 12 heteroatoms. The van der Waals surface area contributed by atoms with Crippen LogP contribution in [-0.2, 0) is 36.8 Å². The van der Waals surface area contributed by atoms with Gasteiger partial charge in [-0.1, -0.05) is 62.7 Å². The highest BCUT2D eigenvalue weighted by molar-refractivity contribution is 5.96. The molecule has 216 valence electrons. The number of nitrogens with two attached hydrogens (primary N) is 2. The highest BCUT2D eigenvalue weighted by Crippen LogP contribution is 2.12. The van der Waals surface area contributed by atoms with E-state index in [1.54, 1.807) is 37.3 Å². The van der Waals surface area contributed by atoms with Gasteiger partial charge in [0.15, 0.2) is 0 Å². The SMILES string of the molecule is CCC(C)C(N)C(=O)NC(CC(N)=O)C(=O)NC(Cc1ccccc1)C(=O)NC(Cc1ccc(O)cc1)C(=O)O. The lowest BCUT2D eigenvalue weighted by Crippen LogP contribution is -2.58. The van der Waals surface area contributed by atoms with E-state index in [1.807, 2.05) is 6.92 Å². The quantitative estimate of drug-likeness (QED) is 0.158. The average Bonchev–Trinajstić information content (AvgIpc) is 2.92. The molecule has 12 nitrogen and oxygen atoms in total. The molecule has 0 bridgehead atoms. The summed E-state index contributed by atoms with van der Waals surface area (Å²) < 4.78 is 0. The van der Waals surface area contributed by atoms with E-state index >= 15 is 0 Å². The van der Waals surface area contributed by atoms with Gasteiger partial charge in [-0.2, -0.15) is 0 Å². The molecule has 0 saturated heterocycles. The van der Waals surface area contributed by atoms with Gasteiger partial charge >= 0.3 is 5.97 Å². The molecule has 0 heterocycles. The van der Waals surface area contributed by atoms with E-state index in [9.17, 15) is 34.2 Å². The minimum atomic E-state index is -1.40. The van der Waals surface area contributed by atoms with Crippen molar-refractivity contribution in [3.63, 3.8) is 0 Å². The second-order valence-electron chi connectivity index (χ2n) is 9.66. The van der Waals surface area contributed by atoms with Crippen LogP contribution < -0.4 is 27.4 Å². The van der Waals surface area contributed by atoms with Gasteiger partial charge in [-0.3, -0.25) is 19.2 Å². The molecule has 0 aliphatic carbocycles. The largest absolute Gasteiger partial charge is 0.508 e. The Morgan fingerprint density at radius 3 is 1.82 bits per heavy atom. The summed E-state index contributed by atoms with van der Waals surface area (Å²) >= 11 is 0. The smallest absolute Gasteiger partial charge is 0.326 e. The van der Waals surface area contributed by atoms with E-state index in [2.05, 4.69) is 16.0 Å². The number of hydrogen-bond acceptors (Lipinski definition) is 7. The van der Waals surface area contributed by atoms with Crippen molar-refractivity contribution in [1.82, 2.24) is 16.0 Å². The second kappa shape index (κ2) is 15.2. The first-order chi connectivity index (χ1) is 18.9. The Balaban J connectivity index is 2.26.